The van der Waals surface area contributed by atoms with Gasteiger partial charge in [0.05, 0.1) is 48.2 Å². The SMILES string of the molecule is Brc1cnn2cc(-c3ccc(OC4(CN5CCCCC5)COC4)cc3)cnc12.CS(=O)(=O)c1cccc(-c2cnn3cc(-c4ccc(OC5(CN6CCCCC6)COC5)cc4)cnc23)c1. The van der Waals surface area contributed by atoms with E-state index in [0.29, 0.717) is 32.1 Å². The number of hydrogen-bond donors (Lipinski definition) is 0. The smallest absolute Gasteiger partial charge is 0.175 e. The molecule has 4 fully saturated rings. The second kappa shape index (κ2) is 18.6. The van der Waals surface area contributed by atoms with Gasteiger partial charge in [-0.3, -0.25) is 9.80 Å². The fourth-order valence-corrected chi connectivity index (χ4v) is 10.2. The molecule has 8 heterocycles. The Hall–Kier alpha value is -5.23. The lowest BCUT2D eigenvalue weighted by Gasteiger charge is -2.45. The number of nitrogens with zero attached hydrogens (tertiary/aromatic N) is 8. The van der Waals surface area contributed by atoms with E-state index in [1.165, 1.54) is 57.9 Å². The first-order chi connectivity index (χ1) is 31.6. The number of aromatic nitrogens is 6. The fraction of sp³-hybridized carbons (Fsp3) is 0.388. The van der Waals surface area contributed by atoms with E-state index in [0.717, 1.165) is 81.2 Å². The predicted molar refractivity (Wildman–Crippen MR) is 252 cm³/mol. The van der Waals surface area contributed by atoms with Gasteiger partial charge in [-0.05, 0) is 121 Å². The van der Waals surface area contributed by atoms with Crippen molar-refractivity contribution < 1.29 is 27.4 Å². The summed E-state index contributed by atoms with van der Waals surface area (Å²) in [4.78, 5) is 14.4. The molecule has 0 bridgehead atoms. The average Bonchev–Trinajstić information content (AvgIpc) is 3.91. The molecule has 0 amide bonds. The quantitative estimate of drug-likeness (QED) is 0.118. The van der Waals surface area contributed by atoms with E-state index in [9.17, 15) is 8.42 Å². The van der Waals surface area contributed by atoms with Crippen LogP contribution in [-0.4, -0.2) is 131 Å². The van der Waals surface area contributed by atoms with Crippen LogP contribution in [0.1, 0.15) is 38.5 Å². The molecule has 3 aromatic carbocycles. The minimum absolute atomic E-state index is 0.208. The van der Waals surface area contributed by atoms with Crippen LogP contribution in [0, 0.1) is 0 Å². The second-order valence-electron chi connectivity index (χ2n) is 17.9. The maximum Gasteiger partial charge on any atom is 0.175 e. The van der Waals surface area contributed by atoms with Crippen LogP contribution in [0.5, 0.6) is 11.5 Å². The van der Waals surface area contributed by atoms with Gasteiger partial charge in [0.25, 0.3) is 0 Å². The molecule has 338 valence electrons. The van der Waals surface area contributed by atoms with Gasteiger partial charge in [-0.25, -0.2) is 27.4 Å². The molecule has 0 radical (unpaired) electrons. The summed E-state index contributed by atoms with van der Waals surface area (Å²) >= 11 is 3.46. The Kier molecular flexibility index (Phi) is 12.5. The highest BCUT2D eigenvalue weighted by Gasteiger charge is 2.44. The molecule has 4 aromatic heterocycles. The highest BCUT2D eigenvalue weighted by atomic mass is 79.9. The third-order valence-electron chi connectivity index (χ3n) is 12.7. The summed E-state index contributed by atoms with van der Waals surface area (Å²) < 4.78 is 52.3. The van der Waals surface area contributed by atoms with Crippen LogP contribution < -0.4 is 9.47 Å². The van der Waals surface area contributed by atoms with Crippen LogP contribution in [0.2, 0.25) is 0 Å². The molecule has 65 heavy (non-hydrogen) atoms. The van der Waals surface area contributed by atoms with Gasteiger partial charge in [0.1, 0.15) is 11.5 Å². The normalized spacial score (nSPS) is 18.6. The minimum atomic E-state index is -3.30. The molecule has 4 aliphatic rings. The minimum Gasteiger partial charge on any atom is -0.481 e. The summed E-state index contributed by atoms with van der Waals surface area (Å²) in [6.45, 7) is 9.05. The summed E-state index contributed by atoms with van der Waals surface area (Å²) in [7, 11) is -3.30. The van der Waals surface area contributed by atoms with Gasteiger partial charge in [0.2, 0.25) is 0 Å². The number of fused-ring (bicyclic) bond motifs is 2. The molecular weight excluding hydrogens is 909 g/mol. The number of likely N-dealkylation sites (tertiary alicyclic amines) is 2. The highest BCUT2D eigenvalue weighted by molar-refractivity contribution is 9.10. The van der Waals surface area contributed by atoms with Crippen molar-refractivity contribution in [1.29, 1.82) is 0 Å². The lowest BCUT2D eigenvalue weighted by molar-refractivity contribution is -0.172. The number of halogens is 1. The van der Waals surface area contributed by atoms with Crippen LogP contribution in [0.15, 0.2) is 119 Å². The zero-order valence-corrected chi connectivity index (χ0v) is 38.9. The van der Waals surface area contributed by atoms with Crippen molar-refractivity contribution in [3.05, 3.63) is 114 Å². The molecule has 0 spiro atoms. The van der Waals surface area contributed by atoms with Gasteiger partial charge < -0.3 is 18.9 Å². The van der Waals surface area contributed by atoms with E-state index in [4.69, 9.17) is 18.9 Å². The Balaban J connectivity index is 0.000000159. The van der Waals surface area contributed by atoms with Crippen molar-refractivity contribution in [3.8, 4) is 44.9 Å². The maximum atomic E-state index is 12.0. The summed E-state index contributed by atoms with van der Waals surface area (Å²) in [5.74, 6) is 1.73. The summed E-state index contributed by atoms with van der Waals surface area (Å²) in [5, 5.41) is 8.78. The van der Waals surface area contributed by atoms with Gasteiger partial charge in [0, 0.05) is 60.8 Å². The van der Waals surface area contributed by atoms with E-state index in [1.54, 1.807) is 39.6 Å². The Morgan fingerprint density at radius 1 is 0.600 bits per heavy atom. The molecule has 0 unspecified atom stereocenters. The Morgan fingerprint density at radius 2 is 1.09 bits per heavy atom. The Morgan fingerprint density at radius 3 is 1.58 bits per heavy atom. The van der Waals surface area contributed by atoms with E-state index in [2.05, 4.69) is 58.0 Å². The third-order valence-corrected chi connectivity index (χ3v) is 14.3. The van der Waals surface area contributed by atoms with Crippen molar-refractivity contribution in [2.24, 2.45) is 0 Å². The molecule has 11 rings (SSSR count). The summed E-state index contributed by atoms with van der Waals surface area (Å²) in [6.07, 6.45) is 20.0. The van der Waals surface area contributed by atoms with E-state index < -0.39 is 9.84 Å². The zero-order chi connectivity index (χ0) is 44.4. The van der Waals surface area contributed by atoms with E-state index in [1.807, 2.05) is 67.3 Å². The van der Waals surface area contributed by atoms with Crippen molar-refractivity contribution in [3.63, 3.8) is 0 Å². The molecule has 4 saturated heterocycles. The molecular formula is C49H53BrN8O6S. The van der Waals surface area contributed by atoms with Crippen LogP contribution >= 0.6 is 15.9 Å². The van der Waals surface area contributed by atoms with E-state index in [-0.39, 0.29) is 16.1 Å². The molecule has 0 N–H and O–H groups in total. The molecule has 0 aliphatic carbocycles. The molecule has 7 aromatic rings. The van der Waals surface area contributed by atoms with E-state index >= 15 is 0 Å². The second-order valence-corrected chi connectivity index (χ2v) is 20.7. The molecule has 0 atom stereocenters. The lowest BCUT2D eigenvalue weighted by atomic mass is 9.99. The van der Waals surface area contributed by atoms with Crippen molar-refractivity contribution >= 4 is 37.1 Å². The summed E-state index contributed by atoms with van der Waals surface area (Å²) in [6, 6.07) is 23.1. The van der Waals surface area contributed by atoms with Crippen molar-refractivity contribution in [1.82, 2.24) is 39.0 Å². The number of benzene rings is 3. The number of rotatable bonds is 12. The topological polar surface area (TPSA) is 138 Å². The number of ether oxygens (including phenoxy) is 4. The van der Waals surface area contributed by atoms with Gasteiger partial charge in [-0.15, -0.1) is 0 Å². The van der Waals surface area contributed by atoms with Crippen LogP contribution in [0.25, 0.3) is 44.7 Å². The fourth-order valence-electron chi connectivity index (χ4n) is 9.12. The highest BCUT2D eigenvalue weighted by Crippen LogP contribution is 2.33. The number of hydrogen-bond acceptors (Lipinski definition) is 12. The number of sulfone groups is 1. The maximum absolute atomic E-state index is 12.0. The largest absolute Gasteiger partial charge is 0.481 e. The summed E-state index contributed by atoms with van der Waals surface area (Å²) in [5.41, 5.74) is 6.59. The van der Waals surface area contributed by atoms with Gasteiger partial charge >= 0.3 is 0 Å². The lowest BCUT2D eigenvalue weighted by Crippen LogP contribution is -2.61. The third kappa shape index (κ3) is 9.84. The first kappa shape index (κ1) is 43.7. The molecule has 14 nitrogen and oxygen atoms in total. The predicted octanol–water partition coefficient (Wildman–Crippen LogP) is 7.89. The number of piperidine rings is 2. The molecule has 16 heteroatoms. The Labute approximate surface area is 387 Å². The van der Waals surface area contributed by atoms with Crippen molar-refractivity contribution in [2.45, 2.75) is 54.6 Å². The molecule has 4 aliphatic heterocycles. The molecule has 0 saturated carbocycles. The van der Waals surface area contributed by atoms with Crippen LogP contribution in [-0.2, 0) is 19.3 Å². The van der Waals surface area contributed by atoms with Gasteiger partial charge in [-0.1, -0.05) is 49.2 Å². The Bertz CT molecular complexity index is 2870. The van der Waals surface area contributed by atoms with Crippen LogP contribution in [0.4, 0.5) is 0 Å². The monoisotopic (exact) mass is 960 g/mol. The first-order valence-corrected chi connectivity index (χ1v) is 25.1. The van der Waals surface area contributed by atoms with Crippen LogP contribution in [0.3, 0.4) is 0 Å². The first-order valence-electron chi connectivity index (χ1n) is 22.4. The van der Waals surface area contributed by atoms with Crippen molar-refractivity contribution in [2.75, 3.05) is 72.0 Å². The van der Waals surface area contributed by atoms with Gasteiger partial charge in [0.15, 0.2) is 32.3 Å². The average molecular weight is 962 g/mol. The van der Waals surface area contributed by atoms with Gasteiger partial charge in [-0.2, -0.15) is 10.2 Å². The standard InChI is InChI=1S/C28H30N4O4S.C21H23BrN4O2/c1-37(33,34)25-7-5-6-22(14-25)26-16-30-32-17-23(15-29-27(26)32)21-8-10-24(11-9-21)36-28(19-35-20-28)18-31-12-3-2-4-13-31;22-19-11-24-26-12-17(10-23-20(19)26)16-4-6-18(7-5-16)28-21(14-27-15-21)13-25-8-2-1-3-9-25/h5-11,14-17H,2-4,12-13,18-20H2,1H3;4-7,10-12H,1-3,8-9,13-15H2. The zero-order valence-electron chi connectivity index (χ0n) is 36.5.